The van der Waals surface area contributed by atoms with Crippen LogP contribution in [0.1, 0.15) is 5.56 Å². The van der Waals surface area contributed by atoms with Crippen molar-refractivity contribution in [3.05, 3.63) is 42.4 Å². The number of hydrogen-bond donors (Lipinski definition) is 1. The van der Waals surface area contributed by atoms with Crippen LogP contribution in [-0.2, 0) is 13.6 Å². The normalized spacial score (nSPS) is 10.7. The Labute approximate surface area is 116 Å². The van der Waals surface area contributed by atoms with Gasteiger partial charge < -0.3 is 10.1 Å². The first kappa shape index (κ1) is 12.4. The smallest absolute Gasteiger partial charge is 0.163 e. The fourth-order valence-corrected chi connectivity index (χ4v) is 2.13. The maximum absolute atomic E-state index is 5.34. The third kappa shape index (κ3) is 2.16. The van der Waals surface area contributed by atoms with E-state index in [0.717, 1.165) is 28.2 Å². The first-order valence-electron chi connectivity index (χ1n) is 6.28. The first-order chi connectivity index (χ1) is 9.79. The van der Waals surface area contributed by atoms with Gasteiger partial charge >= 0.3 is 0 Å². The second-order valence-electron chi connectivity index (χ2n) is 4.39. The summed E-state index contributed by atoms with van der Waals surface area (Å²) in [4.78, 5) is 8.49. The molecule has 2 aromatic heterocycles. The summed E-state index contributed by atoms with van der Waals surface area (Å²) < 4.78 is 7.06. The topological polar surface area (TPSA) is 64.9 Å². The first-order valence-corrected chi connectivity index (χ1v) is 6.28. The molecule has 0 saturated carbocycles. The molecular weight excluding hydrogens is 254 g/mol. The van der Waals surface area contributed by atoms with Gasteiger partial charge in [0.2, 0.25) is 0 Å². The minimum atomic E-state index is 0.630. The number of hydrogen-bond acceptors (Lipinski definition) is 5. The average Bonchev–Trinajstić information content (AvgIpc) is 2.88. The van der Waals surface area contributed by atoms with Crippen LogP contribution in [0.3, 0.4) is 0 Å². The van der Waals surface area contributed by atoms with Crippen molar-refractivity contribution < 1.29 is 4.74 Å². The zero-order chi connectivity index (χ0) is 13.9. The van der Waals surface area contributed by atoms with E-state index in [0.29, 0.717) is 6.54 Å². The van der Waals surface area contributed by atoms with E-state index < -0.39 is 0 Å². The summed E-state index contributed by atoms with van der Waals surface area (Å²) in [6, 6.07) is 7.90. The van der Waals surface area contributed by atoms with Crippen molar-refractivity contribution in [1.29, 1.82) is 0 Å². The van der Waals surface area contributed by atoms with Gasteiger partial charge in [-0.1, -0.05) is 18.2 Å². The number of benzene rings is 1. The number of rotatable bonds is 4. The molecule has 102 valence electrons. The van der Waals surface area contributed by atoms with Crippen LogP contribution < -0.4 is 10.1 Å². The van der Waals surface area contributed by atoms with Crippen LogP contribution in [0.5, 0.6) is 5.75 Å². The summed E-state index contributed by atoms with van der Waals surface area (Å²) >= 11 is 0. The Balaban J connectivity index is 1.87. The van der Waals surface area contributed by atoms with Crippen molar-refractivity contribution in [3.63, 3.8) is 0 Å². The molecule has 0 aliphatic carbocycles. The Kier molecular flexibility index (Phi) is 3.20. The largest absolute Gasteiger partial charge is 0.496 e. The molecular formula is C14H15N5O. The minimum Gasteiger partial charge on any atom is -0.496 e. The van der Waals surface area contributed by atoms with E-state index in [1.165, 1.54) is 6.33 Å². The Morgan fingerprint density at radius 3 is 2.95 bits per heavy atom. The van der Waals surface area contributed by atoms with Gasteiger partial charge in [0.05, 0.1) is 18.7 Å². The van der Waals surface area contributed by atoms with Crippen LogP contribution in [0.15, 0.2) is 36.8 Å². The van der Waals surface area contributed by atoms with E-state index in [4.69, 9.17) is 4.74 Å². The van der Waals surface area contributed by atoms with Crippen molar-refractivity contribution in [1.82, 2.24) is 19.7 Å². The second-order valence-corrected chi connectivity index (χ2v) is 4.39. The molecule has 3 aromatic rings. The van der Waals surface area contributed by atoms with Crippen molar-refractivity contribution in [2.24, 2.45) is 7.05 Å². The summed E-state index contributed by atoms with van der Waals surface area (Å²) in [5, 5.41) is 8.41. The maximum atomic E-state index is 5.34. The highest BCUT2D eigenvalue weighted by Gasteiger charge is 2.08. The molecule has 0 atom stereocenters. The molecule has 0 radical (unpaired) electrons. The molecule has 6 nitrogen and oxygen atoms in total. The SMILES string of the molecule is COc1ccccc1CNc1ncnc2c1cnn2C. The molecule has 0 spiro atoms. The highest BCUT2D eigenvalue weighted by Crippen LogP contribution is 2.21. The van der Waals surface area contributed by atoms with E-state index in [2.05, 4.69) is 20.4 Å². The molecule has 1 N–H and O–H groups in total. The van der Waals surface area contributed by atoms with E-state index in [9.17, 15) is 0 Å². The molecule has 0 saturated heterocycles. The summed E-state index contributed by atoms with van der Waals surface area (Å²) in [5.41, 5.74) is 1.88. The van der Waals surface area contributed by atoms with Gasteiger partial charge in [-0.2, -0.15) is 5.10 Å². The van der Waals surface area contributed by atoms with Gasteiger partial charge in [-0.05, 0) is 6.07 Å². The number of fused-ring (bicyclic) bond motifs is 1. The minimum absolute atomic E-state index is 0.630. The molecule has 20 heavy (non-hydrogen) atoms. The Bertz CT molecular complexity index is 737. The summed E-state index contributed by atoms with van der Waals surface area (Å²) in [6.07, 6.45) is 3.30. The summed E-state index contributed by atoms with van der Waals surface area (Å²) in [5.74, 6) is 1.63. The van der Waals surface area contributed by atoms with Gasteiger partial charge in [-0.15, -0.1) is 0 Å². The lowest BCUT2D eigenvalue weighted by molar-refractivity contribution is 0.410. The molecule has 0 aliphatic rings. The Morgan fingerprint density at radius 1 is 1.25 bits per heavy atom. The number of nitrogens with one attached hydrogen (secondary N) is 1. The van der Waals surface area contributed by atoms with E-state index in [1.54, 1.807) is 18.0 Å². The van der Waals surface area contributed by atoms with Crippen LogP contribution in [0.25, 0.3) is 11.0 Å². The molecule has 6 heteroatoms. The lowest BCUT2D eigenvalue weighted by Gasteiger charge is -2.10. The highest BCUT2D eigenvalue weighted by atomic mass is 16.5. The van der Waals surface area contributed by atoms with Gasteiger partial charge in [0, 0.05) is 19.2 Å². The van der Waals surface area contributed by atoms with Gasteiger partial charge in [0.25, 0.3) is 0 Å². The van der Waals surface area contributed by atoms with Gasteiger partial charge in [0.15, 0.2) is 5.65 Å². The van der Waals surface area contributed by atoms with Crippen LogP contribution in [0, 0.1) is 0 Å². The molecule has 0 amide bonds. The zero-order valence-electron chi connectivity index (χ0n) is 11.4. The molecule has 1 aromatic carbocycles. The number of aromatic nitrogens is 4. The molecule has 2 heterocycles. The third-order valence-electron chi connectivity index (χ3n) is 3.17. The van der Waals surface area contributed by atoms with E-state index >= 15 is 0 Å². The number of para-hydroxylation sites is 1. The van der Waals surface area contributed by atoms with Crippen LogP contribution in [0.2, 0.25) is 0 Å². The van der Waals surface area contributed by atoms with Crippen molar-refractivity contribution in [2.75, 3.05) is 12.4 Å². The zero-order valence-corrected chi connectivity index (χ0v) is 11.4. The fourth-order valence-electron chi connectivity index (χ4n) is 2.13. The molecule has 3 rings (SSSR count). The number of aryl methyl sites for hydroxylation is 1. The summed E-state index contributed by atoms with van der Waals surface area (Å²) in [6.45, 7) is 0.630. The highest BCUT2D eigenvalue weighted by molar-refractivity contribution is 5.85. The fraction of sp³-hybridized carbons (Fsp3) is 0.214. The lowest BCUT2D eigenvalue weighted by Crippen LogP contribution is -2.04. The molecule has 0 bridgehead atoms. The van der Waals surface area contributed by atoms with Gasteiger partial charge in [-0.25, -0.2) is 9.97 Å². The molecule has 0 unspecified atom stereocenters. The van der Waals surface area contributed by atoms with Crippen molar-refractivity contribution in [3.8, 4) is 5.75 Å². The van der Waals surface area contributed by atoms with E-state index in [-0.39, 0.29) is 0 Å². The second kappa shape index (κ2) is 5.16. The number of ether oxygens (including phenoxy) is 1. The average molecular weight is 269 g/mol. The number of nitrogens with zero attached hydrogens (tertiary/aromatic N) is 4. The summed E-state index contributed by atoms with van der Waals surface area (Å²) in [7, 11) is 3.53. The van der Waals surface area contributed by atoms with Crippen molar-refractivity contribution >= 4 is 16.9 Å². The third-order valence-corrected chi connectivity index (χ3v) is 3.17. The monoisotopic (exact) mass is 269 g/mol. The Morgan fingerprint density at radius 2 is 2.10 bits per heavy atom. The van der Waals surface area contributed by atoms with Crippen molar-refractivity contribution in [2.45, 2.75) is 6.54 Å². The number of methoxy groups -OCH3 is 1. The van der Waals surface area contributed by atoms with E-state index in [1.807, 2.05) is 31.3 Å². The lowest BCUT2D eigenvalue weighted by atomic mass is 10.2. The standard InChI is InChI=1S/C14H15N5O/c1-19-14-11(8-18-19)13(16-9-17-14)15-7-10-5-3-4-6-12(10)20-2/h3-6,8-9H,7H2,1-2H3,(H,15,16,17). The van der Waals surface area contributed by atoms with Gasteiger partial charge in [-0.3, -0.25) is 4.68 Å². The number of anilines is 1. The predicted octanol–water partition coefficient (Wildman–Crippen LogP) is 1.98. The van der Waals surface area contributed by atoms with Crippen LogP contribution >= 0.6 is 0 Å². The van der Waals surface area contributed by atoms with Gasteiger partial charge in [0.1, 0.15) is 17.9 Å². The quantitative estimate of drug-likeness (QED) is 0.784. The molecule has 0 aliphatic heterocycles. The maximum Gasteiger partial charge on any atom is 0.163 e. The Hall–Kier alpha value is -2.63. The van der Waals surface area contributed by atoms with Crippen LogP contribution in [-0.4, -0.2) is 26.9 Å². The predicted molar refractivity (Wildman–Crippen MR) is 76.6 cm³/mol. The van der Waals surface area contributed by atoms with Crippen LogP contribution in [0.4, 0.5) is 5.82 Å². The molecule has 0 fully saturated rings.